The van der Waals surface area contributed by atoms with Gasteiger partial charge in [0.25, 0.3) is 11.6 Å². The standard InChI is InChI=1S/C13H14N4O4/c1-8-6-9(2-3-10(8)17(18)19)13-15-12(16-21-13)11-7-14-4-5-20-11/h2-3,6,11,14H,4-5,7H2,1H3. The molecule has 0 radical (unpaired) electrons. The Balaban J connectivity index is 1.85. The Morgan fingerprint density at radius 3 is 3.00 bits per heavy atom. The number of aryl methyl sites for hydroxylation is 1. The number of morpholine rings is 1. The van der Waals surface area contributed by atoms with Gasteiger partial charge in [0.2, 0.25) is 5.82 Å². The van der Waals surface area contributed by atoms with Crippen molar-refractivity contribution in [1.29, 1.82) is 0 Å². The topological polar surface area (TPSA) is 103 Å². The molecule has 1 fully saturated rings. The second-order valence-electron chi connectivity index (χ2n) is 4.78. The molecule has 1 aliphatic heterocycles. The summed E-state index contributed by atoms with van der Waals surface area (Å²) in [6, 6.07) is 4.70. The molecule has 0 saturated carbocycles. The van der Waals surface area contributed by atoms with Gasteiger partial charge in [-0.2, -0.15) is 4.98 Å². The van der Waals surface area contributed by atoms with E-state index in [-0.39, 0.29) is 11.8 Å². The minimum Gasteiger partial charge on any atom is -0.367 e. The molecule has 1 saturated heterocycles. The number of benzene rings is 1. The summed E-state index contributed by atoms with van der Waals surface area (Å²) in [6.07, 6.45) is -0.226. The number of aromatic nitrogens is 2. The molecule has 1 aromatic carbocycles. The van der Waals surface area contributed by atoms with Gasteiger partial charge in [-0.3, -0.25) is 10.1 Å². The van der Waals surface area contributed by atoms with Crippen LogP contribution >= 0.6 is 0 Å². The Hall–Kier alpha value is -2.32. The van der Waals surface area contributed by atoms with Gasteiger partial charge in [0.1, 0.15) is 6.10 Å². The summed E-state index contributed by atoms with van der Waals surface area (Å²) in [5.74, 6) is 0.811. The van der Waals surface area contributed by atoms with Gasteiger partial charge in [-0.15, -0.1) is 0 Å². The number of nitro benzene ring substituents is 1. The Bertz CT molecular complexity index is 664. The first-order valence-electron chi connectivity index (χ1n) is 6.56. The van der Waals surface area contributed by atoms with E-state index in [2.05, 4.69) is 15.5 Å². The molecule has 8 heteroatoms. The molecule has 1 N–H and O–H groups in total. The minimum atomic E-state index is -0.417. The fourth-order valence-corrected chi connectivity index (χ4v) is 2.21. The molecule has 3 rings (SSSR count). The summed E-state index contributed by atoms with van der Waals surface area (Å²) in [5, 5.41) is 17.9. The van der Waals surface area contributed by atoms with Crippen LogP contribution in [-0.2, 0) is 4.74 Å². The smallest absolute Gasteiger partial charge is 0.272 e. The highest BCUT2D eigenvalue weighted by Crippen LogP contribution is 2.26. The Labute approximate surface area is 120 Å². The SMILES string of the molecule is Cc1cc(-c2nc(C3CNCCO3)no2)ccc1[N+](=O)[O-]. The molecule has 0 aliphatic carbocycles. The van der Waals surface area contributed by atoms with E-state index in [0.717, 1.165) is 6.54 Å². The molecule has 2 aromatic rings. The summed E-state index contributed by atoms with van der Waals surface area (Å²) in [6.45, 7) is 3.72. The van der Waals surface area contributed by atoms with Crippen molar-refractivity contribution in [3.05, 3.63) is 39.7 Å². The second kappa shape index (κ2) is 5.58. The molecule has 8 nitrogen and oxygen atoms in total. The van der Waals surface area contributed by atoms with Gasteiger partial charge >= 0.3 is 0 Å². The van der Waals surface area contributed by atoms with Crippen molar-refractivity contribution in [2.45, 2.75) is 13.0 Å². The molecule has 21 heavy (non-hydrogen) atoms. The number of ether oxygens (including phenoxy) is 1. The van der Waals surface area contributed by atoms with Crippen molar-refractivity contribution in [2.24, 2.45) is 0 Å². The maximum Gasteiger partial charge on any atom is 0.272 e. The van der Waals surface area contributed by atoms with Crippen LogP contribution in [0.1, 0.15) is 17.5 Å². The molecule has 1 aliphatic rings. The van der Waals surface area contributed by atoms with Crippen LogP contribution in [0.4, 0.5) is 5.69 Å². The first-order valence-corrected chi connectivity index (χ1v) is 6.56. The van der Waals surface area contributed by atoms with Crippen LogP contribution in [-0.4, -0.2) is 34.8 Å². The van der Waals surface area contributed by atoms with Gasteiger partial charge in [-0.1, -0.05) is 5.16 Å². The van der Waals surface area contributed by atoms with Crippen molar-refractivity contribution in [1.82, 2.24) is 15.5 Å². The van der Waals surface area contributed by atoms with Gasteiger partial charge in [-0.25, -0.2) is 0 Å². The van der Waals surface area contributed by atoms with Crippen LogP contribution in [0.25, 0.3) is 11.5 Å². The van der Waals surface area contributed by atoms with Crippen molar-refractivity contribution >= 4 is 5.69 Å². The number of rotatable bonds is 3. The molecule has 1 atom stereocenters. The lowest BCUT2D eigenvalue weighted by Gasteiger charge is -2.20. The summed E-state index contributed by atoms with van der Waals surface area (Å²) in [4.78, 5) is 14.7. The fraction of sp³-hybridized carbons (Fsp3) is 0.385. The summed E-state index contributed by atoms with van der Waals surface area (Å²) >= 11 is 0. The van der Waals surface area contributed by atoms with Crippen LogP contribution in [0.3, 0.4) is 0 Å². The lowest BCUT2D eigenvalue weighted by atomic mass is 10.1. The van der Waals surface area contributed by atoms with Crippen molar-refractivity contribution < 1.29 is 14.2 Å². The molecule has 1 unspecified atom stereocenters. The largest absolute Gasteiger partial charge is 0.367 e. The quantitative estimate of drug-likeness (QED) is 0.676. The molecule has 1 aromatic heterocycles. The molecular formula is C13H14N4O4. The van der Waals surface area contributed by atoms with Crippen LogP contribution in [0, 0.1) is 17.0 Å². The summed E-state index contributed by atoms with van der Waals surface area (Å²) in [7, 11) is 0. The van der Waals surface area contributed by atoms with Crippen LogP contribution in [0.15, 0.2) is 22.7 Å². The van der Waals surface area contributed by atoms with E-state index in [1.54, 1.807) is 19.1 Å². The first kappa shape index (κ1) is 13.7. The van der Waals surface area contributed by atoms with Gasteiger partial charge in [0, 0.05) is 30.3 Å². The Kier molecular flexibility index (Phi) is 3.63. The molecule has 0 bridgehead atoms. The number of nitrogens with zero attached hydrogens (tertiary/aromatic N) is 3. The second-order valence-corrected chi connectivity index (χ2v) is 4.78. The number of nitro groups is 1. The monoisotopic (exact) mass is 290 g/mol. The number of hydrogen-bond acceptors (Lipinski definition) is 7. The van der Waals surface area contributed by atoms with E-state index in [1.165, 1.54) is 6.07 Å². The Morgan fingerprint density at radius 2 is 2.33 bits per heavy atom. The van der Waals surface area contributed by atoms with E-state index < -0.39 is 4.92 Å². The molecule has 2 heterocycles. The van der Waals surface area contributed by atoms with Gasteiger partial charge < -0.3 is 14.6 Å². The lowest BCUT2D eigenvalue weighted by Crippen LogP contribution is -2.33. The predicted molar refractivity (Wildman–Crippen MR) is 72.7 cm³/mol. The first-order chi connectivity index (χ1) is 10.1. The van der Waals surface area contributed by atoms with Gasteiger partial charge in [0.05, 0.1) is 11.5 Å². The molecular weight excluding hydrogens is 276 g/mol. The number of hydrogen-bond donors (Lipinski definition) is 1. The van der Waals surface area contributed by atoms with Crippen molar-refractivity contribution in [2.75, 3.05) is 19.7 Å². The van der Waals surface area contributed by atoms with E-state index in [9.17, 15) is 10.1 Å². The summed E-state index contributed by atoms with van der Waals surface area (Å²) < 4.78 is 10.8. The van der Waals surface area contributed by atoms with Crippen LogP contribution < -0.4 is 5.32 Å². The highest BCUT2D eigenvalue weighted by atomic mass is 16.6. The third-order valence-corrected chi connectivity index (χ3v) is 3.30. The van der Waals surface area contributed by atoms with Crippen molar-refractivity contribution in [3.8, 4) is 11.5 Å². The van der Waals surface area contributed by atoms with E-state index in [0.29, 0.717) is 36.0 Å². The maximum absolute atomic E-state index is 10.8. The van der Waals surface area contributed by atoms with E-state index >= 15 is 0 Å². The molecule has 0 amide bonds. The lowest BCUT2D eigenvalue weighted by molar-refractivity contribution is -0.385. The highest BCUT2D eigenvalue weighted by Gasteiger charge is 2.22. The van der Waals surface area contributed by atoms with Crippen molar-refractivity contribution in [3.63, 3.8) is 0 Å². The maximum atomic E-state index is 10.8. The highest BCUT2D eigenvalue weighted by molar-refractivity contribution is 5.58. The zero-order chi connectivity index (χ0) is 14.8. The Morgan fingerprint density at radius 1 is 1.48 bits per heavy atom. The molecule has 110 valence electrons. The fourth-order valence-electron chi connectivity index (χ4n) is 2.21. The van der Waals surface area contributed by atoms with E-state index in [1.807, 2.05) is 0 Å². The predicted octanol–water partition coefficient (Wildman–Crippen LogP) is 1.61. The minimum absolute atomic E-state index is 0.0679. The number of nitrogens with one attached hydrogen (secondary N) is 1. The third kappa shape index (κ3) is 2.76. The van der Waals surface area contributed by atoms with Gasteiger partial charge in [0.15, 0.2) is 0 Å². The molecule has 0 spiro atoms. The third-order valence-electron chi connectivity index (χ3n) is 3.30. The zero-order valence-corrected chi connectivity index (χ0v) is 11.4. The average molecular weight is 290 g/mol. The zero-order valence-electron chi connectivity index (χ0n) is 11.4. The average Bonchev–Trinajstić information content (AvgIpc) is 2.97. The normalized spacial score (nSPS) is 18.6. The summed E-state index contributed by atoms with van der Waals surface area (Å²) in [5.41, 5.74) is 1.27. The van der Waals surface area contributed by atoms with E-state index in [4.69, 9.17) is 9.26 Å². The van der Waals surface area contributed by atoms with Gasteiger partial charge in [-0.05, 0) is 19.1 Å². The van der Waals surface area contributed by atoms with Crippen LogP contribution in [0.5, 0.6) is 0 Å². The van der Waals surface area contributed by atoms with Crippen LogP contribution in [0.2, 0.25) is 0 Å².